The third-order valence-corrected chi connectivity index (χ3v) is 4.48. The van der Waals surface area contributed by atoms with Crippen molar-refractivity contribution in [1.82, 2.24) is 4.98 Å². The maximum atomic E-state index is 10.7. The van der Waals surface area contributed by atoms with E-state index in [1.807, 2.05) is 0 Å². The molecule has 10 heteroatoms. The first-order valence-electron chi connectivity index (χ1n) is 5.58. The Morgan fingerprint density at radius 3 is 2.81 bits per heavy atom. The summed E-state index contributed by atoms with van der Waals surface area (Å²) < 4.78 is 8.29. The van der Waals surface area contributed by atoms with Crippen LogP contribution in [0.1, 0.15) is 5.69 Å². The molecule has 0 bridgehead atoms. The van der Waals surface area contributed by atoms with E-state index in [0.717, 1.165) is 11.4 Å². The average molecular weight is 361 g/mol. The first-order chi connectivity index (χ1) is 10.0. The Kier molecular flexibility index (Phi) is 3.94. The van der Waals surface area contributed by atoms with E-state index in [9.17, 15) is 4.79 Å². The van der Waals surface area contributed by atoms with Crippen LogP contribution in [0.3, 0.4) is 0 Å². The largest absolute Gasteiger partial charge is 0.481 e. The lowest BCUT2D eigenvalue weighted by Gasteiger charge is -2.09. The number of nitrogens with one attached hydrogen (secondary N) is 1. The van der Waals surface area contributed by atoms with Gasteiger partial charge in [0.15, 0.2) is 5.13 Å². The molecule has 0 unspecified atom stereocenters. The number of hydrogen-bond donors (Lipinski definition) is 2. The van der Waals surface area contributed by atoms with Gasteiger partial charge in [-0.15, -0.1) is 11.3 Å². The van der Waals surface area contributed by atoms with Crippen LogP contribution in [0.4, 0.5) is 22.2 Å². The van der Waals surface area contributed by atoms with Gasteiger partial charge in [0.25, 0.3) is 0 Å². The molecular weight excluding hydrogens is 355 g/mol. The van der Waals surface area contributed by atoms with Crippen molar-refractivity contribution in [3.8, 4) is 0 Å². The number of hydrogen-bond acceptors (Lipinski definition) is 6. The smallest absolute Gasteiger partial charge is 0.309 e. The molecule has 0 saturated carbocycles. The van der Waals surface area contributed by atoms with Crippen LogP contribution < -0.4 is 5.32 Å². The number of anilines is 2. The summed E-state index contributed by atoms with van der Waals surface area (Å²) in [5.74, 6) is -0.928. The summed E-state index contributed by atoms with van der Waals surface area (Å²) in [5.41, 5.74) is 2.16. The van der Waals surface area contributed by atoms with Gasteiger partial charge in [0, 0.05) is 5.38 Å². The molecule has 3 rings (SSSR count). The van der Waals surface area contributed by atoms with Gasteiger partial charge in [-0.1, -0.05) is 23.2 Å². The van der Waals surface area contributed by atoms with E-state index < -0.39 is 5.97 Å². The summed E-state index contributed by atoms with van der Waals surface area (Å²) in [6.45, 7) is 0. The zero-order chi connectivity index (χ0) is 15.0. The molecule has 6 nitrogen and oxygen atoms in total. The van der Waals surface area contributed by atoms with Crippen LogP contribution in [0.5, 0.6) is 0 Å². The fourth-order valence-electron chi connectivity index (χ4n) is 1.70. The second-order valence-electron chi connectivity index (χ2n) is 4.02. The Hall–Kier alpha value is -1.48. The fourth-order valence-corrected chi connectivity index (χ4v) is 3.57. The van der Waals surface area contributed by atoms with Crippen LogP contribution in [-0.2, 0) is 22.6 Å². The molecule has 1 aliphatic heterocycles. The van der Waals surface area contributed by atoms with Gasteiger partial charge in [-0.25, -0.2) is 4.98 Å². The standard InChI is InChI=1S/C11H6Cl2N4O2S2/c12-5-2-6(13)9-10(17-21-16-9)8(5)15-11-14-4(3-20-11)1-7(18)19/h2-3H,1H2,(H,14,15)(H,18,19). The van der Waals surface area contributed by atoms with Crippen LogP contribution in [0.2, 0.25) is 10.0 Å². The Morgan fingerprint density at radius 2 is 2.05 bits per heavy atom. The lowest BCUT2D eigenvalue weighted by Crippen LogP contribution is -2.00. The van der Waals surface area contributed by atoms with Gasteiger partial charge in [0.05, 0.1) is 39.2 Å². The Morgan fingerprint density at radius 1 is 1.29 bits per heavy atom. The average Bonchev–Trinajstić information content (AvgIpc) is 3.02. The molecule has 108 valence electrons. The number of carboxylic acids is 1. The number of nitrogens with zero attached hydrogens (tertiary/aromatic N) is 3. The van der Waals surface area contributed by atoms with Crippen LogP contribution in [0, 0.1) is 0 Å². The molecule has 2 N–H and O–H groups in total. The van der Waals surface area contributed by atoms with Gasteiger partial charge in [-0.05, 0) is 6.07 Å². The Bertz CT molecular complexity index is 815. The van der Waals surface area contributed by atoms with Crippen LogP contribution in [0.25, 0.3) is 0 Å². The van der Waals surface area contributed by atoms with E-state index in [0.29, 0.717) is 37.9 Å². The lowest BCUT2D eigenvalue weighted by atomic mass is 10.2. The van der Waals surface area contributed by atoms with Crippen LogP contribution >= 0.6 is 34.5 Å². The fraction of sp³-hybridized carbons (Fsp3) is 0.0909. The van der Waals surface area contributed by atoms with Crippen molar-refractivity contribution in [3.05, 3.63) is 27.2 Å². The quantitative estimate of drug-likeness (QED) is 0.714. The number of carboxylic acid groups (broad SMARTS) is 1. The third kappa shape index (κ3) is 2.93. The van der Waals surface area contributed by atoms with Crippen LogP contribution in [0.15, 0.2) is 20.2 Å². The van der Waals surface area contributed by atoms with Crippen molar-refractivity contribution < 1.29 is 9.90 Å². The number of aromatic nitrogens is 1. The van der Waals surface area contributed by atoms with Gasteiger partial charge < -0.3 is 10.4 Å². The van der Waals surface area contributed by atoms with Gasteiger partial charge >= 0.3 is 5.97 Å². The molecular formula is C11H6Cl2N4O2S2. The van der Waals surface area contributed by atoms with Gasteiger partial charge in [-0.3, -0.25) is 4.79 Å². The normalized spacial score (nSPS) is 12.1. The van der Waals surface area contributed by atoms with Crippen molar-refractivity contribution in [2.75, 3.05) is 5.32 Å². The molecule has 1 aliphatic rings. The highest BCUT2D eigenvalue weighted by atomic mass is 35.5. The number of rotatable bonds is 4. The summed E-state index contributed by atoms with van der Waals surface area (Å²) in [4.78, 5) is 14.9. The molecule has 0 amide bonds. The molecule has 0 saturated heterocycles. The van der Waals surface area contributed by atoms with Crippen molar-refractivity contribution in [1.29, 1.82) is 0 Å². The van der Waals surface area contributed by atoms with Gasteiger partial charge in [-0.2, -0.15) is 8.73 Å². The van der Waals surface area contributed by atoms with E-state index >= 15 is 0 Å². The zero-order valence-corrected chi connectivity index (χ0v) is 13.3. The minimum absolute atomic E-state index is 0.125. The summed E-state index contributed by atoms with van der Waals surface area (Å²) in [5, 5.41) is 14.8. The summed E-state index contributed by atoms with van der Waals surface area (Å²) >= 11 is 14.6. The topological polar surface area (TPSA) is 86.9 Å². The second kappa shape index (κ2) is 5.72. The number of halogens is 2. The number of fused-ring (bicyclic) bond motifs is 1. The molecule has 0 radical (unpaired) electrons. The highest BCUT2D eigenvalue weighted by Gasteiger charge is 2.19. The zero-order valence-electron chi connectivity index (χ0n) is 10.1. The predicted octanol–water partition coefficient (Wildman–Crippen LogP) is 4.55. The van der Waals surface area contributed by atoms with Gasteiger partial charge in [0.1, 0.15) is 11.4 Å². The third-order valence-electron chi connectivity index (χ3n) is 2.56. The second-order valence-corrected chi connectivity index (χ2v) is 6.22. The molecule has 21 heavy (non-hydrogen) atoms. The number of aliphatic carboxylic acids is 1. The van der Waals surface area contributed by atoms with E-state index in [1.165, 1.54) is 11.3 Å². The Labute approximate surface area is 136 Å². The first kappa shape index (κ1) is 14.5. The predicted molar refractivity (Wildman–Crippen MR) is 84.7 cm³/mol. The first-order valence-corrected chi connectivity index (χ1v) is 7.94. The number of thiazole rings is 1. The van der Waals surface area contributed by atoms with Crippen molar-refractivity contribution in [3.63, 3.8) is 0 Å². The number of benzene rings is 1. The van der Waals surface area contributed by atoms with E-state index in [1.54, 1.807) is 11.4 Å². The maximum absolute atomic E-state index is 10.7. The molecule has 1 aromatic heterocycles. The highest BCUT2D eigenvalue weighted by molar-refractivity contribution is 7.58. The monoisotopic (exact) mass is 360 g/mol. The van der Waals surface area contributed by atoms with Crippen molar-refractivity contribution in [2.24, 2.45) is 8.73 Å². The lowest BCUT2D eigenvalue weighted by molar-refractivity contribution is -0.136. The molecule has 0 fully saturated rings. The highest BCUT2D eigenvalue weighted by Crippen LogP contribution is 2.48. The van der Waals surface area contributed by atoms with Gasteiger partial charge in [0.2, 0.25) is 0 Å². The van der Waals surface area contributed by atoms with E-state index in [-0.39, 0.29) is 6.42 Å². The minimum atomic E-state index is -0.928. The SMILES string of the molecule is O=C(O)Cc1csc(Nc2c(Cl)cc(Cl)c3c2N=S=N3)n1. The molecule has 2 aromatic rings. The van der Waals surface area contributed by atoms with E-state index in [4.69, 9.17) is 28.3 Å². The molecule has 0 spiro atoms. The van der Waals surface area contributed by atoms with Crippen molar-refractivity contribution in [2.45, 2.75) is 6.42 Å². The number of carbonyl (C=O) groups is 1. The molecule has 0 atom stereocenters. The summed E-state index contributed by atoms with van der Waals surface area (Å²) in [6.07, 6.45) is -0.125. The molecule has 2 heterocycles. The molecule has 0 aliphatic carbocycles. The van der Waals surface area contributed by atoms with Crippen LogP contribution in [-0.4, -0.2) is 16.1 Å². The minimum Gasteiger partial charge on any atom is -0.481 e. The maximum Gasteiger partial charge on any atom is 0.309 e. The summed E-state index contributed by atoms with van der Waals surface area (Å²) in [7, 11) is 0. The molecule has 1 aromatic carbocycles. The van der Waals surface area contributed by atoms with Crippen molar-refractivity contribution >= 4 is 74.1 Å². The van der Waals surface area contributed by atoms with E-state index in [2.05, 4.69) is 19.0 Å². The summed E-state index contributed by atoms with van der Waals surface area (Å²) in [6, 6.07) is 1.58. The Balaban J connectivity index is 1.93.